The van der Waals surface area contributed by atoms with Gasteiger partial charge < -0.3 is 19.7 Å². The van der Waals surface area contributed by atoms with Crippen LogP contribution in [0.3, 0.4) is 0 Å². The molecule has 0 aromatic carbocycles. The quantitative estimate of drug-likeness (QED) is 0.310. The molecule has 1 fully saturated rings. The van der Waals surface area contributed by atoms with E-state index in [0.717, 1.165) is 12.0 Å². The molecule has 2 rings (SSSR count). The molecule has 0 radical (unpaired) electrons. The Morgan fingerprint density at radius 1 is 1.38 bits per heavy atom. The van der Waals surface area contributed by atoms with Crippen molar-refractivity contribution in [1.82, 2.24) is 0 Å². The number of aliphatic hydroxyl groups is 2. The van der Waals surface area contributed by atoms with E-state index in [1.165, 1.54) is 11.6 Å². The molecule has 2 aliphatic rings. The van der Waals surface area contributed by atoms with Crippen LogP contribution in [0.15, 0.2) is 72.4 Å². The van der Waals surface area contributed by atoms with Crippen molar-refractivity contribution in [2.75, 3.05) is 0 Å². The predicted molar refractivity (Wildman–Crippen MR) is 128 cm³/mol. The molecule has 0 saturated carbocycles. The molecule has 0 aromatic heterocycles. The van der Waals surface area contributed by atoms with Crippen molar-refractivity contribution in [1.29, 1.82) is 0 Å². The third-order valence-electron chi connectivity index (χ3n) is 5.89. The minimum atomic E-state index is -0.780. The first-order valence-electron chi connectivity index (χ1n) is 11.4. The Balaban J connectivity index is 1.83. The first kappa shape index (κ1) is 26.0. The number of hydrogen-bond acceptors (Lipinski definition) is 5. The van der Waals surface area contributed by atoms with Crippen LogP contribution in [-0.2, 0) is 14.3 Å². The van der Waals surface area contributed by atoms with Crippen LogP contribution in [0.5, 0.6) is 0 Å². The Hall–Kier alpha value is -2.21. The van der Waals surface area contributed by atoms with Crippen molar-refractivity contribution >= 4 is 5.97 Å². The topological polar surface area (TPSA) is 76.0 Å². The molecule has 0 amide bonds. The number of aliphatic hydroxyl groups excluding tert-OH is 2. The van der Waals surface area contributed by atoms with E-state index in [0.29, 0.717) is 18.8 Å². The molecule has 0 bridgehead atoms. The fourth-order valence-corrected chi connectivity index (χ4v) is 4.05. The fraction of sp³-hybridized carbons (Fsp3) is 0.519. The van der Waals surface area contributed by atoms with Crippen LogP contribution in [0.1, 0.15) is 47.0 Å². The molecule has 176 valence electrons. The second kappa shape index (κ2) is 12.7. The van der Waals surface area contributed by atoms with Crippen LogP contribution in [0, 0.1) is 11.8 Å². The van der Waals surface area contributed by atoms with Gasteiger partial charge in [-0.1, -0.05) is 67.5 Å². The number of carbonyl (C=O) groups is 1. The largest absolute Gasteiger partial charge is 0.455 e. The number of carbonyl (C=O) groups excluding carboxylic acids is 1. The first-order valence-corrected chi connectivity index (χ1v) is 11.4. The van der Waals surface area contributed by atoms with E-state index in [1.54, 1.807) is 12.2 Å². The number of hydrogen-bond donors (Lipinski definition) is 2. The minimum Gasteiger partial charge on any atom is -0.455 e. The average Bonchev–Trinajstić information content (AvgIpc) is 2.73. The highest BCUT2D eigenvalue weighted by Gasteiger charge is 2.35. The molecule has 2 aliphatic heterocycles. The molecule has 0 unspecified atom stereocenters. The Bertz CT molecular complexity index is 788. The van der Waals surface area contributed by atoms with Crippen molar-refractivity contribution in [3.05, 3.63) is 72.4 Å². The molecular formula is C27H38O5. The van der Waals surface area contributed by atoms with Crippen LogP contribution < -0.4 is 0 Å². The maximum Gasteiger partial charge on any atom is 0.331 e. The zero-order chi connectivity index (χ0) is 23.7. The summed E-state index contributed by atoms with van der Waals surface area (Å²) < 4.78 is 11.1. The van der Waals surface area contributed by atoms with Crippen LogP contribution in [0.2, 0.25) is 0 Å². The first-order chi connectivity index (χ1) is 15.2. The summed E-state index contributed by atoms with van der Waals surface area (Å²) in [5.74, 6) is 0.0280. The van der Waals surface area contributed by atoms with Crippen molar-refractivity contribution in [2.45, 2.75) is 77.5 Å². The lowest BCUT2D eigenvalue weighted by Gasteiger charge is -2.38. The summed E-state index contributed by atoms with van der Waals surface area (Å²) in [7, 11) is 0. The zero-order valence-corrected chi connectivity index (χ0v) is 19.7. The SMILES string of the molecule is C=C[C@@H]1O[C@H]([C@H](O)/C=C/C=C(\C)C[C@@H](C)/C=C(C)\C=C\[C@H]2CC=CC(=O)O2)C[C@@H](O)[C@@H]1C. The monoisotopic (exact) mass is 442 g/mol. The van der Waals surface area contributed by atoms with Gasteiger partial charge in [-0.3, -0.25) is 0 Å². The van der Waals surface area contributed by atoms with Gasteiger partial charge >= 0.3 is 5.97 Å². The molecule has 0 aliphatic carbocycles. The number of rotatable bonds is 9. The van der Waals surface area contributed by atoms with E-state index in [9.17, 15) is 15.0 Å². The smallest absolute Gasteiger partial charge is 0.331 e. The average molecular weight is 443 g/mol. The number of cyclic esters (lactones) is 1. The molecule has 5 nitrogen and oxygen atoms in total. The summed E-state index contributed by atoms with van der Waals surface area (Å²) in [6.45, 7) is 11.9. The fourth-order valence-electron chi connectivity index (χ4n) is 4.05. The minimum absolute atomic E-state index is 0.0237. The Morgan fingerprint density at radius 3 is 2.81 bits per heavy atom. The lowest BCUT2D eigenvalue weighted by atomic mass is 9.88. The Morgan fingerprint density at radius 2 is 2.12 bits per heavy atom. The van der Waals surface area contributed by atoms with Gasteiger partial charge in [0.15, 0.2) is 0 Å². The van der Waals surface area contributed by atoms with Gasteiger partial charge in [0.1, 0.15) is 6.10 Å². The van der Waals surface area contributed by atoms with E-state index in [1.807, 2.05) is 44.2 Å². The molecule has 0 aromatic rings. The molecular weight excluding hydrogens is 404 g/mol. The van der Waals surface area contributed by atoms with Crippen LogP contribution in [0.25, 0.3) is 0 Å². The van der Waals surface area contributed by atoms with Gasteiger partial charge in [0.25, 0.3) is 0 Å². The van der Waals surface area contributed by atoms with E-state index in [4.69, 9.17) is 9.47 Å². The number of ether oxygens (including phenoxy) is 2. The molecule has 2 heterocycles. The van der Waals surface area contributed by atoms with Crippen molar-refractivity contribution in [2.24, 2.45) is 11.8 Å². The third-order valence-corrected chi connectivity index (χ3v) is 5.89. The predicted octanol–water partition coefficient (Wildman–Crippen LogP) is 4.59. The van der Waals surface area contributed by atoms with Crippen molar-refractivity contribution in [3.8, 4) is 0 Å². The lowest BCUT2D eigenvalue weighted by Crippen LogP contribution is -2.46. The highest BCUT2D eigenvalue weighted by atomic mass is 16.5. The molecule has 0 spiro atoms. The van der Waals surface area contributed by atoms with Crippen LogP contribution in [-0.4, -0.2) is 46.7 Å². The van der Waals surface area contributed by atoms with Crippen molar-refractivity contribution < 1.29 is 24.5 Å². The van der Waals surface area contributed by atoms with E-state index < -0.39 is 18.3 Å². The standard InChI is InChI=1S/C27H38O5/c1-6-25-21(5)24(29)17-26(32-25)23(28)11-7-9-18(2)15-20(4)16-19(3)13-14-22-10-8-12-27(30)31-22/h6-9,11-14,16,20-26,28-29H,1,10,15,17H2,2-5H3/b11-7+,14-13+,18-9+,19-16-/t20-,21+,22-,23-,24-,25+,26+/m1/s1. The molecule has 1 saturated heterocycles. The second-order valence-electron chi connectivity index (χ2n) is 8.99. The van der Waals surface area contributed by atoms with Crippen molar-refractivity contribution in [3.63, 3.8) is 0 Å². The van der Waals surface area contributed by atoms with Gasteiger partial charge in [-0.25, -0.2) is 4.79 Å². The van der Waals surface area contributed by atoms with E-state index in [2.05, 4.69) is 26.5 Å². The van der Waals surface area contributed by atoms with E-state index >= 15 is 0 Å². The van der Waals surface area contributed by atoms with Gasteiger partial charge in [0, 0.05) is 24.8 Å². The third kappa shape index (κ3) is 8.38. The number of esters is 1. The summed E-state index contributed by atoms with van der Waals surface area (Å²) >= 11 is 0. The molecule has 2 N–H and O–H groups in total. The van der Waals surface area contributed by atoms with Gasteiger partial charge in [0.2, 0.25) is 0 Å². The van der Waals surface area contributed by atoms with Gasteiger partial charge in [-0.05, 0) is 32.3 Å². The molecule has 5 heteroatoms. The zero-order valence-electron chi connectivity index (χ0n) is 19.7. The van der Waals surface area contributed by atoms with Gasteiger partial charge in [0.05, 0.1) is 24.4 Å². The Kier molecular flexibility index (Phi) is 10.4. The lowest BCUT2D eigenvalue weighted by molar-refractivity contribution is -0.141. The maximum atomic E-state index is 11.3. The normalized spacial score (nSPS) is 31.7. The molecule has 32 heavy (non-hydrogen) atoms. The maximum absolute atomic E-state index is 11.3. The van der Waals surface area contributed by atoms with E-state index in [-0.39, 0.29) is 24.1 Å². The van der Waals surface area contributed by atoms with Gasteiger partial charge in [-0.2, -0.15) is 0 Å². The van der Waals surface area contributed by atoms with Gasteiger partial charge in [-0.15, -0.1) is 6.58 Å². The summed E-state index contributed by atoms with van der Waals surface area (Å²) in [5.41, 5.74) is 2.32. The molecule has 7 atom stereocenters. The highest BCUT2D eigenvalue weighted by Crippen LogP contribution is 2.28. The summed E-state index contributed by atoms with van der Waals surface area (Å²) in [6.07, 6.45) is 16.5. The van der Waals surface area contributed by atoms with Crippen LogP contribution >= 0.6 is 0 Å². The van der Waals surface area contributed by atoms with Crippen LogP contribution in [0.4, 0.5) is 0 Å². The number of allylic oxidation sites excluding steroid dienone is 6. The summed E-state index contributed by atoms with van der Waals surface area (Å²) in [5, 5.41) is 20.6. The summed E-state index contributed by atoms with van der Waals surface area (Å²) in [6, 6.07) is 0. The highest BCUT2D eigenvalue weighted by molar-refractivity contribution is 5.82. The summed E-state index contributed by atoms with van der Waals surface area (Å²) in [4.78, 5) is 11.3. The Labute approximate surface area is 192 Å². The second-order valence-corrected chi connectivity index (χ2v) is 8.99.